The number of methoxy groups -OCH3 is 4. The Morgan fingerprint density at radius 1 is 1.05 bits per heavy atom. The monoisotopic (exact) mass is 283 g/mol. The Balaban J connectivity index is 2.90. The highest BCUT2D eigenvalue weighted by molar-refractivity contribution is 5.75. The molecular weight excluding hydrogens is 262 g/mol. The summed E-state index contributed by atoms with van der Waals surface area (Å²) < 4.78 is 20.4. The van der Waals surface area contributed by atoms with Crippen LogP contribution in [0.25, 0.3) is 0 Å². The van der Waals surface area contributed by atoms with Gasteiger partial charge in [0, 0.05) is 18.2 Å². The molecule has 112 valence electrons. The van der Waals surface area contributed by atoms with Gasteiger partial charge in [-0.15, -0.1) is 0 Å². The van der Waals surface area contributed by atoms with Gasteiger partial charge >= 0.3 is 5.97 Å². The van der Waals surface area contributed by atoms with Gasteiger partial charge in [0.05, 0.1) is 28.4 Å². The first-order chi connectivity index (χ1) is 9.57. The molecule has 0 bridgehead atoms. The van der Waals surface area contributed by atoms with Crippen LogP contribution in [-0.4, -0.2) is 40.5 Å². The molecule has 0 fully saturated rings. The third-order valence-corrected chi connectivity index (χ3v) is 2.94. The maximum absolute atomic E-state index is 11.4. The number of nitrogens with one attached hydrogen (secondary N) is 1. The molecule has 0 aliphatic heterocycles. The molecule has 0 spiro atoms. The smallest absolute Gasteiger partial charge is 0.322 e. The number of esters is 1. The second-order valence-electron chi connectivity index (χ2n) is 4.14. The summed E-state index contributed by atoms with van der Waals surface area (Å²) in [6.45, 7) is 2.18. The fraction of sp³-hybridized carbons (Fsp3) is 0.500. The van der Waals surface area contributed by atoms with Crippen molar-refractivity contribution < 1.29 is 23.7 Å². The van der Waals surface area contributed by atoms with E-state index in [2.05, 4.69) is 10.1 Å². The molecular formula is C14H21NO5. The first-order valence-electron chi connectivity index (χ1n) is 6.17. The first-order valence-corrected chi connectivity index (χ1v) is 6.17. The van der Waals surface area contributed by atoms with E-state index < -0.39 is 6.04 Å². The minimum absolute atomic E-state index is 0.315. The van der Waals surface area contributed by atoms with Crippen LogP contribution in [0.2, 0.25) is 0 Å². The Morgan fingerprint density at radius 3 is 2.10 bits per heavy atom. The van der Waals surface area contributed by atoms with Gasteiger partial charge < -0.3 is 24.3 Å². The Kier molecular flexibility index (Phi) is 6.11. The van der Waals surface area contributed by atoms with Crippen molar-refractivity contribution in [2.45, 2.75) is 19.5 Å². The van der Waals surface area contributed by atoms with Crippen LogP contribution in [0.3, 0.4) is 0 Å². The van der Waals surface area contributed by atoms with Gasteiger partial charge in [-0.05, 0) is 13.0 Å². The quantitative estimate of drug-likeness (QED) is 0.762. The van der Waals surface area contributed by atoms with Crippen LogP contribution >= 0.6 is 0 Å². The van der Waals surface area contributed by atoms with Gasteiger partial charge in [0.15, 0.2) is 11.5 Å². The number of carbonyl (C=O) groups is 1. The van der Waals surface area contributed by atoms with E-state index in [4.69, 9.17) is 14.2 Å². The van der Waals surface area contributed by atoms with Gasteiger partial charge in [0.25, 0.3) is 0 Å². The van der Waals surface area contributed by atoms with Crippen molar-refractivity contribution in [1.82, 2.24) is 5.32 Å². The molecule has 1 aromatic rings. The van der Waals surface area contributed by atoms with Crippen molar-refractivity contribution >= 4 is 5.97 Å². The second-order valence-corrected chi connectivity index (χ2v) is 4.14. The van der Waals surface area contributed by atoms with Gasteiger partial charge in [-0.3, -0.25) is 4.79 Å². The van der Waals surface area contributed by atoms with Crippen LogP contribution in [0.15, 0.2) is 12.1 Å². The third kappa shape index (κ3) is 3.77. The van der Waals surface area contributed by atoms with E-state index in [1.807, 2.05) is 6.07 Å². The van der Waals surface area contributed by atoms with E-state index in [0.29, 0.717) is 23.8 Å². The zero-order valence-electron chi connectivity index (χ0n) is 12.5. The van der Waals surface area contributed by atoms with Gasteiger partial charge in [-0.25, -0.2) is 0 Å². The molecule has 1 N–H and O–H groups in total. The lowest BCUT2D eigenvalue weighted by atomic mass is 10.1. The minimum atomic E-state index is -0.405. The maximum Gasteiger partial charge on any atom is 0.322 e. The SMILES string of the molecule is COC(=O)[C@H](C)NCc1cc(OC)c(OC)cc1OC. The van der Waals surface area contributed by atoms with Crippen molar-refractivity contribution in [1.29, 1.82) is 0 Å². The van der Waals surface area contributed by atoms with Crippen molar-refractivity contribution in [2.24, 2.45) is 0 Å². The molecule has 0 saturated heterocycles. The van der Waals surface area contributed by atoms with E-state index >= 15 is 0 Å². The Hall–Kier alpha value is -1.95. The number of ether oxygens (including phenoxy) is 4. The predicted octanol–water partition coefficient (Wildman–Crippen LogP) is 1.36. The molecule has 1 rings (SSSR count). The highest BCUT2D eigenvalue weighted by Crippen LogP contribution is 2.34. The minimum Gasteiger partial charge on any atom is -0.496 e. The second kappa shape index (κ2) is 7.59. The molecule has 20 heavy (non-hydrogen) atoms. The van der Waals surface area contributed by atoms with E-state index in [1.165, 1.54) is 7.11 Å². The maximum atomic E-state index is 11.4. The summed E-state index contributed by atoms with van der Waals surface area (Å²) in [7, 11) is 6.07. The molecule has 0 radical (unpaired) electrons. The summed E-state index contributed by atoms with van der Waals surface area (Å²) in [5.74, 6) is 1.54. The summed E-state index contributed by atoms with van der Waals surface area (Å²) in [5, 5.41) is 3.06. The standard InChI is InChI=1S/C14H21NO5/c1-9(14(16)20-5)15-8-10-6-12(18-3)13(19-4)7-11(10)17-2/h6-7,9,15H,8H2,1-5H3/t9-/m0/s1. The van der Waals surface area contributed by atoms with Crippen LogP contribution in [-0.2, 0) is 16.1 Å². The van der Waals surface area contributed by atoms with Gasteiger partial charge in [-0.2, -0.15) is 0 Å². The number of rotatable bonds is 7. The molecule has 6 heteroatoms. The Bertz CT molecular complexity index is 461. The molecule has 0 unspecified atom stereocenters. The molecule has 6 nitrogen and oxygen atoms in total. The van der Waals surface area contributed by atoms with Crippen LogP contribution in [0.4, 0.5) is 0 Å². The van der Waals surface area contributed by atoms with Crippen LogP contribution in [0, 0.1) is 0 Å². The number of carbonyl (C=O) groups excluding carboxylic acids is 1. The molecule has 0 heterocycles. The van der Waals surface area contributed by atoms with Crippen LogP contribution < -0.4 is 19.5 Å². The van der Waals surface area contributed by atoms with E-state index in [0.717, 1.165) is 5.56 Å². The molecule has 0 saturated carbocycles. The summed E-state index contributed by atoms with van der Waals surface area (Å²) in [6, 6.07) is 3.16. The lowest BCUT2D eigenvalue weighted by Crippen LogP contribution is -2.34. The fourth-order valence-electron chi connectivity index (χ4n) is 1.75. The number of hydrogen-bond acceptors (Lipinski definition) is 6. The van der Waals surface area contributed by atoms with Crippen molar-refractivity contribution in [3.8, 4) is 17.2 Å². The fourth-order valence-corrected chi connectivity index (χ4v) is 1.75. The van der Waals surface area contributed by atoms with E-state index in [1.54, 1.807) is 34.3 Å². The molecule has 0 aromatic heterocycles. The highest BCUT2D eigenvalue weighted by atomic mass is 16.5. The Labute approximate surface area is 119 Å². The lowest BCUT2D eigenvalue weighted by Gasteiger charge is -2.16. The molecule has 1 aromatic carbocycles. The topological polar surface area (TPSA) is 66.0 Å². The average molecular weight is 283 g/mol. The van der Waals surface area contributed by atoms with Crippen molar-refractivity contribution in [2.75, 3.05) is 28.4 Å². The summed E-state index contributed by atoms with van der Waals surface area (Å²) >= 11 is 0. The number of hydrogen-bond donors (Lipinski definition) is 1. The lowest BCUT2D eigenvalue weighted by molar-refractivity contribution is -0.142. The molecule has 1 atom stereocenters. The predicted molar refractivity (Wildman–Crippen MR) is 74.4 cm³/mol. The normalized spacial score (nSPS) is 11.7. The summed E-state index contributed by atoms with van der Waals surface area (Å²) in [6.07, 6.45) is 0. The van der Waals surface area contributed by atoms with Crippen LogP contribution in [0.5, 0.6) is 17.2 Å². The van der Waals surface area contributed by atoms with E-state index in [9.17, 15) is 4.79 Å². The zero-order valence-corrected chi connectivity index (χ0v) is 12.5. The highest BCUT2D eigenvalue weighted by Gasteiger charge is 2.15. The van der Waals surface area contributed by atoms with E-state index in [-0.39, 0.29) is 5.97 Å². The summed E-state index contributed by atoms with van der Waals surface area (Å²) in [4.78, 5) is 11.4. The van der Waals surface area contributed by atoms with Gasteiger partial charge in [0.2, 0.25) is 0 Å². The van der Waals surface area contributed by atoms with Crippen LogP contribution in [0.1, 0.15) is 12.5 Å². The zero-order chi connectivity index (χ0) is 15.1. The Morgan fingerprint density at radius 2 is 1.60 bits per heavy atom. The molecule has 0 aliphatic carbocycles. The van der Waals surface area contributed by atoms with Gasteiger partial charge in [-0.1, -0.05) is 0 Å². The largest absolute Gasteiger partial charge is 0.496 e. The van der Waals surface area contributed by atoms with Crippen molar-refractivity contribution in [3.63, 3.8) is 0 Å². The van der Waals surface area contributed by atoms with Crippen molar-refractivity contribution in [3.05, 3.63) is 17.7 Å². The first kappa shape index (κ1) is 16.1. The average Bonchev–Trinajstić information content (AvgIpc) is 2.50. The molecule has 0 amide bonds. The van der Waals surface area contributed by atoms with Gasteiger partial charge in [0.1, 0.15) is 11.8 Å². The third-order valence-electron chi connectivity index (χ3n) is 2.94. The molecule has 0 aliphatic rings. The number of benzene rings is 1. The summed E-state index contributed by atoms with van der Waals surface area (Å²) in [5.41, 5.74) is 0.862.